The van der Waals surface area contributed by atoms with Crippen LogP contribution in [0.3, 0.4) is 0 Å². The first-order chi connectivity index (χ1) is 8.87. The molecule has 108 valence electrons. The van der Waals surface area contributed by atoms with Crippen molar-refractivity contribution in [2.75, 3.05) is 21.0 Å². The standard InChI is InChI=1S/C14H22ClNO3/c1-14(2,3)16-8-10-6-11(15)7-12(18-5)13(10)19-9-17-4/h6-7,16H,8-9H2,1-5H3. The van der Waals surface area contributed by atoms with Crippen molar-refractivity contribution >= 4 is 11.6 Å². The van der Waals surface area contributed by atoms with E-state index in [1.54, 1.807) is 20.3 Å². The second-order valence-electron chi connectivity index (χ2n) is 5.25. The highest BCUT2D eigenvalue weighted by Gasteiger charge is 2.15. The third-order valence-corrected chi connectivity index (χ3v) is 2.66. The predicted octanol–water partition coefficient (Wildman–Crippen LogP) is 3.22. The first-order valence-corrected chi connectivity index (χ1v) is 6.48. The van der Waals surface area contributed by atoms with Gasteiger partial charge in [0.15, 0.2) is 18.3 Å². The first kappa shape index (κ1) is 16.1. The van der Waals surface area contributed by atoms with Crippen LogP contribution >= 0.6 is 11.6 Å². The van der Waals surface area contributed by atoms with E-state index in [1.165, 1.54) is 0 Å². The monoisotopic (exact) mass is 287 g/mol. The Morgan fingerprint density at radius 3 is 2.42 bits per heavy atom. The van der Waals surface area contributed by atoms with E-state index in [9.17, 15) is 0 Å². The topological polar surface area (TPSA) is 39.7 Å². The molecule has 0 aliphatic carbocycles. The fraction of sp³-hybridized carbons (Fsp3) is 0.571. The highest BCUT2D eigenvalue weighted by molar-refractivity contribution is 6.30. The lowest BCUT2D eigenvalue weighted by Gasteiger charge is -2.22. The summed E-state index contributed by atoms with van der Waals surface area (Å²) in [7, 11) is 3.17. The molecule has 0 radical (unpaired) electrons. The van der Waals surface area contributed by atoms with Crippen molar-refractivity contribution in [1.29, 1.82) is 0 Å². The number of ether oxygens (including phenoxy) is 3. The van der Waals surface area contributed by atoms with Crippen LogP contribution in [0.25, 0.3) is 0 Å². The van der Waals surface area contributed by atoms with Gasteiger partial charge in [-0.3, -0.25) is 0 Å². The molecule has 0 aliphatic heterocycles. The minimum atomic E-state index is 0.00801. The Bertz CT molecular complexity index is 416. The number of halogens is 1. The molecular formula is C14H22ClNO3. The largest absolute Gasteiger partial charge is 0.493 e. The summed E-state index contributed by atoms with van der Waals surface area (Å²) >= 11 is 6.09. The van der Waals surface area contributed by atoms with Crippen LogP contribution in [0.1, 0.15) is 26.3 Å². The summed E-state index contributed by atoms with van der Waals surface area (Å²) in [5.74, 6) is 1.26. The zero-order valence-corrected chi connectivity index (χ0v) is 12.9. The van der Waals surface area contributed by atoms with Crippen molar-refractivity contribution in [3.8, 4) is 11.5 Å². The lowest BCUT2D eigenvalue weighted by atomic mass is 10.1. The quantitative estimate of drug-likeness (QED) is 0.816. The van der Waals surface area contributed by atoms with E-state index < -0.39 is 0 Å². The van der Waals surface area contributed by atoms with Crippen LogP contribution in [0, 0.1) is 0 Å². The number of methoxy groups -OCH3 is 2. The van der Waals surface area contributed by atoms with E-state index in [-0.39, 0.29) is 12.3 Å². The Balaban J connectivity index is 3.01. The van der Waals surface area contributed by atoms with E-state index in [0.717, 1.165) is 5.56 Å². The van der Waals surface area contributed by atoms with Gasteiger partial charge in [0, 0.05) is 35.8 Å². The Morgan fingerprint density at radius 2 is 1.89 bits per heavy atom. The molecule has 1 aromatic rings. The van der Waals surface area contributed by atoms with E-state index in [2.05, 4.69) is 26.1 Å². The van der Waals surface area contributed by atoms with Gasteiger partial charge in [-0.25, -0.2) is 0 Å². The number of rotatable bonds is 6. The lowest BCUT2D eigenvalue weighted by molar-refractivity contribution is 0.0483. The molecule has 0 fully saturated rings. The van der Waals surface area contributed by atoms with Gasteiger partial charge in [-0.2, -0.15) is 0 Å². The average molecular weight is 288 g/mol. The lowest BCUT2D eigenvalue weighted by Crippen LogP contribution is -2.35. The molecule has 0 atom stereocenters. The maximum absolute atomic E-state index is 6.09. The van der Waals surface area contributed by atoms with Crippen LogP contribution in [0.2, 0.25) is 5.02 Å². The van der Waals surface area contributed by atoms with E-state index in [0.29, 0.717) is 23.1 Å². The molecular weight excluding hydrogens is 266 g/mol. The van der Waals surface area contributed by atoms with Gasteiger partial charge in [0.05, 0.1) is 7.11 Å². The second-order valence-corrected chi connectivity index (χ2v) is 5.69. The van der Waals surface area contributed by atoms with Crippen LogP contribution < -0.4 is 14.8 Å². The summed E-state index contributed by atoms with van der Waals surface area (Å²) in [5.41, 5.74) is 0.949. The number of nitrogens with one attached hydrogen (secondary N) is 1. The summed E-state index contributed by atoms with van der Waals surface area (Å²) in [5, 5.41) is 4.02. The van der Waals surface area contributed by atoms with Crippen molar-refractivity contribution in [1.82, 2.24) is 5.32 Å². The maximum Gasteiger partial charge on any atom is 0.188 e. The zero-order valence-electron chi connectivity index (χ0n) is 12.2. The smallest absolute Gasteiger partial charge is 0.188 e. The highest BCUT2D eigenvalue weighted by atomic mass is 35.5. The SMILES string of the molecule is COCOc1c(CNC(C)(C)C)cc(Cl)cc1OC. The molecule has 0 spiro atoms. The third-order valence-electron chi connectivity index (χ3n) is 2.45. The number of benzene rings is 1. The van der Waals surface area contributed by atoms with Gasteiger partial charge in [0.2, 0.25) is 0 Å². The summed E-state index contributed by atoms with van der Waals surface area (Å²) < 4.78 is 15.8. The maximum atomic E-state index is 6.09. The molecule has 1 rings (SSSR count). The number of hydrogen-bond donors (Lipinski definition) is 1. The molecule has 1 N–H and O–H groups in total. The van der Waals surface area contributed by atoms with Crippen molar-refractivity contribution < 1.29 is 14.2 Å². The Morgan fingerprint density at radius 1 is 1.21 bits per heavy atom. The molecule has 1 aromatic carbocycles. The molecule has 0 aromatic heterocycles. The minimum absolute atomic E-state index is 0.00801. The van der Waals surface area contributed by atoms with Gasteiger partial charge in [0.1, 0.15) is 0 Å². The van der Waals surface area contributed by atoms with E-state index >= 15 is 0 Å². The molecule has 0 aliphatic rings. The van der Waals surface area contributed by atoms with Gasteiger partial charge in [-0.1, -0.05) is 11.6 Å². The van der Waals surface area contributed by atoms with Crippen LogP contribution in [0.15, 0.2) is 12.1 Å². The van der Waals surface area contributed by atoms with Crippen molar-refractivity contribution in [2.45, 2.75) is 32.9 Å². The van der Waals surface area contributed by atoms with Gasteiger partial charge < -0.3 is 19.5 Å². The molecule has 4 nitrogen and oxygen atoms in total. The van der Waals surface area contributed by atoms with Crippen molar-refractivity contribution in [2.24, 2.45) is 0 Å². The van der Waals surface area contributed by atoms with Gasteiger partial charge in [-0.05, 0) is 26.8 Å². The Labute approximate surface area is 120 Å². The predicted molar refractivity (Wildman–Crippen MR) is 77.1 cm³/mol. The van der Waals surface area contributed by atoms with Crippen LogP contribution in [0.5, 0.6) is 11.5 Å². The molecule has 0 saturated heterocycles. The van der Waals surface area contributed by atoms with Crippen LogP contribution in [-0.2, 0) is 11.3 Å². The number of hydrogen-bond acceptors (Lipinski definition) is 4. The van der Waals surface area contributed by atoms with Gasteiger partial charge >= 0.3 is 0 Å². The molecule has 0 heterocycles. The molecule has 5 heteroatoms. The minimum Gasteiger partial charge on any atom is -0.493 e. The highest BCUT2D eigenvalue weighted by Crippen LogP contribution is 2.35. The summed E-state index contributed by atoms with van der Waals surface area (Å²) in [6.45, 7) is 7.11. The van der Waals surface area contributed by atoms with Gasteiger partial charge in [0.25, 0.3) is 0 Å². The van der Waals surface area contributed by atoms with Gasteiger partial charge in [-0.15, -0.1) is 0 Å². The molecule has 0 amide bonds. The summed E-state index contributed by atoms with van der Waals surface area (Å²) in [4.78, 5) is 0. The Kier molecular flexibility index (Phi) is 5.91. The summed E-state index contributed by atoms with van der Waals surface area (Å²) in [6, 6.07) is 3.60. The second kappa shape index (κ2) is 6.98. The van der Waals surface area contributed by atoms with E-state index in [4.69, 9.17) is 25.8 Å². The van der Waals surface area contributed by atoms with Crippen molar-refractivity contribution in [3.05, 3.63) is 22.7 Å². The molecule has 0 saturated carbocycles. The van der Waals surface area contributed by atoms with Crippen molar-refractivity contribution in [3.63, 3.8) is 0 Å². The molecule has 0 unspecified atom stereocenters. The normalized spacial score (nSPS) is 11.5. The molecule has 0 bridgehead atoms. The first-order valence-electron chi connectivity index (χ1n) is 6.10. The van der Waals surface area contributed by atoms with E-state index in [1.807, 2.05) is 6.07 Å². The van der Waals surface area contributed by atoms with Crippen LogP contribution in [-0.4, -0.2) is 26.6 Å². The third kappa shape index (κ3) is 5.27. The average Bonchev–Trinajstić information content (AvgIpc) is 2.33. The zero-order chi connectivity index (χ0) is 14.5. The van der Waals surface area contributed by atoms with Crippen LogP contribution in [0.4, 0.5) is 0 Å². The fourth-order valence-corrected chi connectivity index (χ4v) is 1.78. The fourth-order valence-electron chi connectivity index (χ4n) is 1.55. The molecule has 19 heavy (non-hydrogen) atoms. The Hall–Kier alpha value is -0.970. The summed E-state index contributed by atoms with van der Waals surface area (Å²) in [6.07, 6.45) is 0.